The van der Waals surface area contributed by atoms with Crippen molar-refractivity contribution in [3.05, 3.63) is 69.8 Å². The van der Waals surface area contributed by atoms with Crippen molar-refractivity contribution in [3.63, 3.8) is 0 Å². The second-order valence-electron chi connectivity index (χ2n) is 16.2. The number of hydrogen-bond donors (Lipinski definition) is 0. The van der Waals surface area contributed by atoms with Crippen LogP contribution in [0.1, 0.15) is 128 Å². The van der Waals surface area contributed by atoms with Gasteiger partial charge in [0.25, 0.3) is 0 Å². The normalized spacial score (nSPS) is 12.1. The Balaban J connectivity index is 0.000000293. The Bertz CT molecular complexity index is 1370. The van der Waals surface area contributed by atoms with E-state index >= 15 is 0 Å². The second-order valence-corrected chi connectivity index (χ2v) is 16.2. The van der Waals surface area contributed by atoms with Gasteiger partial charge < -0.3 is 0 Å². The monoisotopic (exact) mass is 609 g/mol. The van der Waals surface area contributed by atoms with Gasteiger partial charge in [-0.2, -0.15) is 20.4 Å². The molecule has 0 atom stereocenters. The van der Waals surface area contributed by atoms with Crippen molar-refractivity contribution >= 4 is 0 Å². The summed E-state index contributed by atoms with van der Waals surface area (Å²) in [4.78, 5) is 0. The van der Waals surface area contributed by atoms with Crippen molar-refractivity contribution in [3.8, 4) is 0 Å². The molecule has 8 heteroatoms. The first-order valence-corrected chi connectivity index (χ1v) is 15.7. The number of aromatic nitrogens is 8. The lowest BCUT2D eigenvalue weighted by Gasteiger charge is -2.17. The van der Waals surface area contributed by atoms with Crippen molar-refractivity contribution in [2.45, 2.75) is 132 Å². The first-order chi connectivity index (χ1) is 19.7. The standard InChI is InChI=1S/4C9H16N2/c1-7-8(9(2,3)4)6-11(5)10-7;1-7-8(9(2,3)4)6-10-11(7)5;1-7-6-8(9(2,3)4)10-11(7)5;1-7-6-8(9(2,3)4)11(5)10-7/h4*6H,1-5H3. The molecule has 4 rings (SSSR count). The molecule has 4 aromatic rings. The van der Waals surface area contributed by atoms with E-state index in [0.717, 1.165) is 17.1 Å². The lowest BCUT2D eigenvalue weighted by atomic mass is 9.88. The molecule has 0 amide bonds. The third-order valence-electron chi connectivity index (χ3n) is 7.52. The third kappa shape index (κ3) is 11.4. The van der Waals surface area contributed by atoms with Crippen LogP contribution in [0, 0.1) is 27.7 Å². The zero-order valence-electron chi connectivity index (χ0n) is 31.9. The fourth-order valence-corrected chi connectivity index (χ4v) is 4.81. The fourth-order valence-electron chi connectivity index (χ4n) is 4.81. The van der Waals surface area contributed by atoms with Gasteiger partial charge in [0, 0.05) is 62.3 Å². The van der Waals surface area contributed by atoms with Crippen LogP contribution in [0.3, 0.4) is 0 Å². The van der Waals surface area contributed by atoms with Gasteiger partial charge in [0.15, 0.2) is 0 Å². The van der Waals surface area contributed by atoms with E-state index in [-0.39, 0.29) is 21.7 Å². The molecular formula is C36H64N8. The molecule has 0 aliphatic carbocycles. The quantitative estimate of drug-likeness (QED) is 0.202. The van der Waals surface area contributed by atoms with Crippen LogP contribution in [0.15, 0.2) is 24.5 Å². The number of aryl methyl sites for hydroxylation is 7. The Labute approximate surface area is 269 Å². The molecule has 0 fully saturated rings. The molecule has 248 valence electrons. The van der Waals surface area contributed by atoms with Gasteiger partial charge in [-0.3, -0.25) is 18.7 Å². The zero-order chi connectivity index (χ0) is 34.6. The summed E-state index contributed by atoms with van der Waals surface area (Å²) in [7, 11) is 7.91. The van der Waals surface area contributed by atoms with E-state index in [1.165, 1.54) is 28.2 Å². The topological polar surface area (TPSA) is 71.3 Å². The maximum absolute atomic E-state index is 4.40. The Hall–Kier alpha value is -3.16. The zero-order valence-corrected chi connectivity index (χ0v) is 31.9. The van der Waals surface area contributed by atoms with Crippen LogP contribution in [0.25, 0.3) is 0 Å². The van der Waals surface area contributed by atoms with Crippen LogP contribution in [-0.4, -0.2) is 39.1 Å². The molecular weight excluding hydrogens is 544 g/mol. The highest BCUT2D eigenvalue weighted by Crippen LogP contribution is 2.25. The highest BCUT2D eigenvalue weighted by Gasteiger charge is 2.20. The van der Waals surface area contributed by atoms with Crippen LogP contribution in [0.4, 0.5) is 0 Å². The summed E-state index contributed by atoms with van der Waals surface area (Å²) in [5, 5.41) is 17.2. The molecule has 0 aliphatic heterocycles. The summed E-state index contributed by atoms with van der Waals surface area (Å²) in [5.41, 5.74) is 10.6. The molecule has 0 aromatic carbocycles. The summed E-state index contributed by atoms with van der Waals surface area (Å²) < 4.78 is 7.66. The van der Waals surface area contributed by atoms with Crippen molar-refractivity contribution in [2.75, 3.05) is 0 Å². The molecule has 44 heavy (non-hydrogen) atoms. The van der Waals surface area contributed by atoms with Gasteiger partial charge in [-0.15, -0.1) is 0 Å². The molecule has 0 aliphatic rings. The van der Waals surface area contributed by atoms with Gasteiger partial charge in [-0.25, -0.2) is 0 Å². The van der Waals surface area contributed by atoms with E-state index < -0.39 is 0 Å². The van der Waals surface area contributed by atoms with Crippen LogP contribution >= 0.6 is 0 Å². The van der Waals surface area contributed by atoms with Crippen molar-refractivity contribution < 1.29 is 0 Å². The van der Waals surface area contributed by atoms with Crippen molar-refractivity contribution in [2.24, 2.45) is 28.2 Å². The average molecular weight is 609 g/mol. The largest absolute Gasteiger partial charge is 0.275 e. The van der Waals surface area contributed by atoms with E-state index in [1.807, 2.05) is 60.0 Å². The van der Waals surface area contributed by atoms with E-state index in [2.05, 4.69) is 143 Å². The molecule has 4 heterocycles. The molecule has 4 aromatic heterocycles. The minimum atomic E-state index is 0.173. The smallest absolute Gasteiger partial charge is 0.0680 e. The van der Waals surface area contributed by atoms with Gasteiger partial charge in [0.1, 0.15) is 0 Å². The van der Waals surface area contributed by atoms with E-state index in [1.54, 1.807) is 0 Å². The second kappa shape index (κ2) is 14.3. The maximum Gasteiger partial charge on any atom is 0.0680 e. The Kier molecular flexibility index (Phi) is 12.6. The number of nitrogens with zero attached hydrogens (tertiary/aromatic N) is 8. The minimum Gasteiger partial charge on any atom is -0.275 e. The minimum absolute atomic E-state index is 0.173. The van der Waals surface area contributed by atoms with Crippen LogP contribution in [0.2, 0.25) is 0 Å². The van der Waals surface area contributed by atoms with Gasteiger partial charge in [0.2, 0.25) is 0 Å². The summed E-state index contributed by atoms with van der Waals surface area (Å²) in [5.74, 6) is 0. The molecule has 0 saturated heterocycles. The van der Waals surface area contributed by atoms with Crippen molar-refractivity contribution in [1.82, 2.24) is 39.1 Å². The van der Waals surface area contributed by atoms with Crippen LogP contribution < -0.4 is 0 Å². The van der Waals surface area contributed by atoms with Crippen LogP contribution in [-0.2, 0) is 49.9 Å². The maximum atomic E-state index is 4.40. The first kappa shape index (κ1) is 38.9. The molecule has 0 spiro atoms. The lowest BCUT2D eigenvalue weighted by molar-refractivity contribution is 0.522. The molecule has 0 bridgehead atoms. The number of rotatable bonds is 0. The lowest BCUT2D eigenvalue weighted by Crippen LogP contribution is -2.16. The molecule has 8 nitrogen and oxygen atoms in total. The number of hydrogen-bond acceptors (Lipinski definition) is 4. The van der Waals surface area contributed by atoms with Crippen molar-refractivity contribution in [1.29, 1.82) is 0 Å². The van der Waals surface area contributed by atoms with Gasteiger partial charge in [-0.05, 0) is 61.8 Å². The Morgan fingerprint density at radius 3 is 1.25 bits per heavy atom. The predicted octanol–water partition coefficient (Wildman–Crippen LogP) is 8.10. The highest BCUT2D eigenvalue weighted by atomic mass is 15.3. The molecule has 0 N–H and O–H groups in total. The summed E-state index contributed by atoms with van der Waals surface area (Å²) >= 11 is 0. The Morgan fingerprint density at radius 2 is 1.07 bits per heavy atom. The fraction of sp³-hybridized carbons (Fsp3) is 0.667. The first-order valence-electron chi connectivity index (χ1n) is 15.7. The van der Waals surface area contributed by atoms with Gasteiger partial charge in [-0.1, -0.05) is 83.1 Å². The van der Waals surface area contributed by atoms with E-state index in [4.69, 9.17) is 0 Å². The molecule has 0 saturated carbocycles. The van der Waals surface area contributed by atoms with E-state index in [0.29, 0.717) is 0 Å². The molecule has 0 unspecified atom stereocenters. The SMILES string of the molecule is Cc1c(C(C)(C)C)cnn1C.Cc1cc(C(C)(C)C)n(C)n1.Cc1cc(C(C)(C)C)nn1C.Cc1nn(C)cc1C(C)(C)C. The van der Waals surface area contributed by atoms with Crippen LogP contribution in [0.5, 0.6) is 0 Å². The van der Waals surface area contributed by atoms with Gasteiger partial charge >= 0.3 is 0 Å². The highest BCUT2D eigenvalue weighted by molar-refractivity contribution is 5.24. The average Bonchev–Trinajstić information content (AvgIpc) is 3.56. The summed E-state index contributed by atoms with van der Waals surface area (Å²) in [6.07, 6.45) is 4.05. The summed E-state index contributed by atoms with van der Waals surface area (Å²) in [6.45, 7) is 34.6. The third-order valence-corrected chi connectivity index (χ3v) is 7.52. The van der Waals surface area contributed by atoms with Gasteiger partial charge in [0.05, 0.1) is 23.3 Å². The Morgan fingerprint density at radius 1 is 0.545 bits per heavy atom. The summed E-state index contributed by atoms with van der Waals surface area (Å²) in [6, 6.07) is 4.28. The predicted molar refractivity (Wildman–Crippen MR) is 187 cm³/mol. The molecule has 0 radical (unpaired) electrons. The van der Waals surface area contributed by atoms with E-state index in [9.17, 15) is 0 Å².